The Kier molecular flexibility index (Phi) is 4.29. The number of ether oxygens (including phenoxy) is 1. The predicted molar refractivity (Wildman–Crippen MR) is 82.4 cm³/mol. The molecule has 2 atom stereocenters. The number of fused-ring (bicyclic) bond motifs is 1. The van der Waals surface area contributed by atoms with Gasteiger partial charge < -0.3 is 9.64 Å². The second-order valence-corrected chi connectivity index (χ2v) is 6.35. The summed E-state index contributed by atoms with van der Waals surface area (Å²) in [4.78, 5) is 15.0. The number of hydrogen-bond acceptors (Lipinski definition) is 2. The normalized spacial score (nSPS) is 25.1. The summed E-state index contributed by atoms with van der Waals surface area (Å²) in [6.45, 7) is 1.39. The van der Waals surface area contributed by atoms with E-state index in [4.69, 9.17) is 4.74 Å². The minimum absolute atomic E-state index is 0.109. The van der Waals surface area contributed by atoms with Crippen LogP contribution >= 0.6 is 15.9 Å². The molecule has 2 heterocycles. The zero-order chi connectivity index (χ0) is 13.9. The fourth-order valence-corrected chi connectivity index (χ4v) is 3.81. The summed E-state index contributed by atoms with van der Waals surface area (Å²) in [5.74, 6) is 1.02. The Morgan fingerprint density at radius 1 is 1.35 bits per heavy atom. The van der Waals surface area contributed by atoms with Crippen LogP contribution in [0.3, 0.4) is 0 Å². The number of nitrogens with zero attached hydrogens (tertiary/aromatic N) is 1. The number of likely N-dealkylation sites (tertiary alicyclic amines) is 1. The Hall–Kier alpha value is -1.03. The third-order valence-electron chi connectivity index (χ3n) is 4.35. The van der Waals surface area contributed by atoms with Gasteiger partial charge in [0.2, 0.25) is 5.91 Å². The molecule has 108 valence electrons. The molecule has 1 saturated heterocycles. The highest BCUT2D eigenvalue weighted by Crippen LogP contribution is 2.36. The number of benzene rings is 1. The molecule has 2 unspecified atom stereocenters. The van der Waals surface area contributed by atoms with Crippen LogP contribution in [0.5, 0.6) is 5.75 Å². The van der Waals surface area contributed by atoms with Crippen molar-refractivity contribution in [1.29, 1.82) is 0 Å². The predicted octanol–water partition coefficient (Wildman–Crippen LogP) is 3.33. The Labute approximate surface area is 128 Å². The highest BCUT2D eigenvalue weighted by molar-refractivity contribution is 9.09. The number of hydrogen-bond donors (Lipinski definition) is 0. The van der Waals surface area contributed by atoms with Crippen LogP contribution in [0, 0.1) is 0 Å². The lowest BCUT2D eigenvalue weighted by Crippen LogP contribution is -2.46. The smallest absolute Gasteiger partial charge is 0.233 e. The summed E-state index contributed by atoms with van der Waals surface area (Å²) >= 11 is 3.51. The lowest BCUT2D eigenvalue weighted by atomic mass is 9.94. The Morgan fingerprint density at radius 2 is 2.20 bits per heavy atom. The van der Waals surface area contributed by atoms with Crippen LogP contribution in [0.15, 0.2) is 24.3 Å². The van der Waals surface area contributed by atoms with E-state index in [2.05, 4.69) is 20.8 Å². The van der Waals surface area contributed by atoms with E-state index in [1.54, 1.807) is 0 Å². The van der Waals surface area contributed by atoms with Crippen LogP contribution in [-0.2, 0) is 4.79 Å². The minimum atomic E-state index is -0.109. The van der Waals surface area contributed by atoms with Crippen molar-refractivity contribution >= 4 is 21.8 Å². The van der Waals surface area contributed by atoms with Crippen molar-refractivity contribution in [2.75, 3.05) is 18.5 Å². The molecule has 1 fully saturated rings. The molecule has 0 spiro atoms. The summed E-state index contributed by atoms with van der Waals surface area (Å²) in [5.41, 5.74) is 1.06. The molecule has 3 rings (SSSR count). The van der Waals surface area contributed by atoms with Gasteiger partial charge in [-0.2, -0.15) is 0 Å². The molecule has 2 aliphatic heterocycles. The van der Waals surface area contributed by atoms with E-state index >= 15 is 0 Å². The van der Waals surface area contributed by atoms with Gasteiger partial charge in [-0.05, 0) is 31.7 Å². The van der Waals surface area contributed by atoms with Gasteiger partial charge in [-0.3, -0.25) is 4.79 Å². The maximum absolute atomic E-state index is 12.9. The van der Waals surface area contributed by atoms with Crippen LogP contribution < -0.4 is 4.74 Å². The van der Waals surface area contributed by atoms with E-state index in [0.717, 1.165) is 42.5 Å². The summed E-state index contributed by atoms with van der Waals surface area (Å²) in [6.07, 6.45) is 4.53. The third-order valence-corrected chi connectivity index (χ3v) is 4.81. The highest BCUT2D eigenvalue weighted by Gasteiger charge is 2.36. The van der Waals surface area contributed by atoms with Gasteiger partial charge in [0.1, 0.15) is 18.3 Å². The number of rotatable bonds is 3. The zero-order valence-corrected chi connectivity index (χ0v) is 13.1. The number of carbonyl (C=O) groups excluding carboxylic acids is 1. The van der Waals surface area contributed by atoms with Gasteiger partial charge >= 0.3 is 0 Å². The quantitative estimate of drug-likeness (QED) is 0.792. The van der Waals surface area contributed by atoms with Crippen molar-refractivity contribution in [2.24, 2.45) is 0 Å². The van der Waals surface area contributed by atoms with E-state index in [-0.39, 0.29) is 11.8 Å². The molecular weight excluding hydrogens is 318 g/mol. The molecule has 1 amide bonds. The van der Waals surface area contributed by atoms with Gasteiger partial charge in [0.15, 0.2) is 0 Å². The lowest BCUT2D eigenvalue weighted by molar-refractivity contribution is -0.136. The fourth-order valence-electron chi connectivity index (χ4n) is 3.28. The molecular formula is C16H20BrNO2. The van der Waals surface area contributed by atoms with Crippen LogP contribution in [0.25, 0.3) is 0 Å². The first-order valence-electron chi connectivity index (χ1n) is 7.39. The number of para-hydroxylation sites is 1. The van der Waals surface area contributed by atoms with Gasteiger partial charge in [0, 0.05) is 23.5 Å². The van der Waals surface area contributed by atoms with E-state index in [0.29, 0.717) is 12.6 Å². The van der Waals surface area contributed by atoms with Crippen molar-refractivity contribution in [3.63, 3.8) is 0 Å². The van der Waals surface area contributed by atoms with E-state index in [1.165, 1.54) is 6.42 Å². The van der Waals surface area contributed by atoms with Crippen molar-refractivity contribution in [3.8, 4) is 5.75 Å². The molecule has 4 heteroatoms. The van der Waals surface area contributed by atoms with Gasteiger partial charge in [-0.1, -0.05) is 34.1 Å². The summed E-state index contributed by atoms with van der Waals surface area (Å²) in [6, 6.07) is 8.31. The lowest BCUT2D eigenvalue weighted by Gasteiger charge is -2.37. The number of carbonyl (C=O) groups is 1. The van der Waals surface area contributed by atoms with E-state index < -0.39 is 0 Å². The molecule has 20 heavy (non-hydrogen) atoms. The SMILES string of the molecule is O=C(C1COc2ccccc21)N1CCCCC1CCBr. The third kappa shape index (κ3) is 2.58. The summed E-state index contributed by atoms with van der Waals surface area (Å²) in [7, 11) is 0. The first kappa shape index (κ1) is 13.9. The van der Waals surface area contributed by atoms with Crippen molar-refractivity contribution < 1.29 is 9.53 Å². The van der Waals surface area contributed by atoms with Crippen LogP contribution in [0.4, 0.5) is 0 Å². The zero-order valence-electron chi connectivity index (χ0n) is 11.6. The molecule has 0 N–H and O–H groups in total. The number of amides is 1. The Bertz CT molecular complexity index is 489. The van der Waals surface area contributed by atoms with E-state index in [1.807, 2.05) is 24.3 Å². The monoisotopic (exact) mass is 337 g/mol. The number of alkyl halides is 1. The molecule has 2 aliphatic rings. The van der Waals surface area contributed by atoms with Gasteiger partial charge in [-0.25, -0.2) is 0 Å². The first-order chi connectivity index (χ1) is 9.81. The average molecular weight is 338 g/mol. The van der Waals surface area contributed by atoms with E-state index in [9.17, 15) is 4.79 Å². The average Bonchev–Trinajstić information content (AvgIpc) is 2.91. The summed E-state index contributed by atoms with van der Waals surface area (Å²) in [5, 5.41) is 0.958. The first-order valence-corrected chi connectivity index (χ1v) is 8.51. The molecule has 0 bridgehead atoms. The largest absolute Gasteiger partial charge is 0.492 e. The number of halogens is 1. The molecule has 3 nitrogen and oxygen atoms in total. The molecule has 0 aliphatic carbocycles. The van der Waals surface area contributed by atoms with Crippen molar-refractivity contribution in [2.45, 2.75) is 37.6 Å². The molecule has 0 aromatic heterocycles. The van der Waals surface area contributed by atoms with Crippen LogP contribution in [0.1, 0.15) is 37.2 Å². The standard InChI is InChI=1S/C16H20BrNO2/c17-9-8-12-5-3-4-10-18(12)16(19)14-11-20-15-7-2-1-6-13(14)15/h1-2,6-7,12,14H,3-5,8-11H2. The molecule has 0 saturated carbocycles. The van der Waals surface area contributed by atoms with Crippen molar-refractivity contribution in [1.82, 2.24) is 4.90 Å². The minimum Gasteiger partial charge on any atom is -0.492 e. The molecule has 1 aromatic rings. The Morgan fingerprint density at radius 3 is 3.05 bits per heavy atom. The topological polar surface area (TPSA) is 29.5 Å². The van der Waals surface area contributed by atoms with Gasteiger partial charge in [0.25, 0.3) is 0 Å². The highest BCUT2D eigenvalue weighted by atomic mass is 79.9. The van der Waals surface area contributed by atoms with Crippen LogP contribution in [-0.4, -0.2) is 35.3 Å². The number of piperidine rings is 1. The van der Waals surface area contributed by atoms with Gasteiger partial charge in [0.05, 0.1) is 0 Å². The fraction of sp³-hybridized carbons (Fsp3) is 0.562. The molecule has 0 radical (unpaired) electrons. The summed E-state index contributed by atoms with van der Waals surface area (Å²) < 4.78 is 5.66. The second-order valence-electron chi connectivity index (χ2n) is 5.56. The van der Waals surface area contributed by atoms with Crippen LogP contribution in [0.2, 0.25) is 0 Å². The maximum atomic E-state index is 12.9. The molecule has 1 aromatic carbocycles. The second kappa shape index (κ2) is 6.17. The Balaban J connectivity index is 1.78. The van der Waals surface area contributed by atoms with Gasteiger partial charge in [-0.15, -0.1) is 0 Å². The van der Waals surface area contributed by atoms with Crippen molar-refractivity contribution in [3.05, 3.63) is 29.8 Å². The maximum Gasteiger partial charge on any atom is 0.233 e.